The zero-order chi connectivity index (χ0) is 21.9. The number of ketones is 1. The SMILES string of the molecule is CCOC(=O)C1(C(=O)c2ccccc2)Cc2cpc(C34CC5CC(CC(C5)C3)C4)cc2C1. The Morgan fingerprint density at radius 3 is 2.22 bits per heavy atom. The van der Waals surface area contributed by atoms with Crippen molar-refractivity contribution in [2.75, 3.05) is 6.61 Å². The molecule has 1 heterocycles. The highest BCUT2D eigenvalue weighted by Crippen LogP contribution is 2.62. The highest BCUT2D eigenvalue weighted by Gasteiger charge is 2.54. The first-order valence-electron chi connectivity index (χ1n) is 12.3. The zero-order valence-corrected chi connectivity index (χ0v) is 19.7. The lowest BCUT2D eigenvalue weighted by Crippen LogP contribution is -2.48. The van der Waals surface area contributed by atoms with Gasteiger partial charge in [-0.3, -0.25) is 9.59 Å². The van der Waals surface area contributed by atoms with E-state index in [1.807, 2.05) is 37.3 Å². The van der Waals surface area contributed by atoms with Crippen LogP contribution in [0.25, 0.3) is 0 Å². The molecule has 4 saturated carbocycles. The third-order valence-corrected chi connectivity index (χ3v) is 10.1. The smallest absolute Gasteiger partial charge is 0.320 e. The number of rotatable bonds is 5. The van der Waals surface area contributed by atoms with E-state index in [0.717, 1.165) is 17.8 Å². The van der Waals surface area contributed by atoms with Gasteiger partial charge in [0.15, 0.2) is 5.78 Å². The lowest BCUT2D eigenvalue weighted by molar-refractivity contribution is -0.151. The molecule has 1 unspecified atom stereocenters. The van der Waals surface area contributed by atoms with Crippen LogP contribution in [-0.4, -0.2) is 18.4 Å². The van der Waals surface area contributed by atoms with Crippen LogP contribution in [0.15, 0.2) is 42.2 Å². The van der Waals surface area contributed by atoms with Gasteiger partial charge in [-0.2, -0.15) is 0 Å². The van der Waals surface area contributed by atoms with Crippen molar-refractivity contribution in [3.63, 3.8) is 0 Å². The van der Waals surface area contributed by atoms with Crippen LogP contribution in [0.5, 0.6) is 0 Å². The molecule has 166 valence electrons. The van der Waals surface area contributed by atoms with Gasteiger partial charge in [0.2, 0.25) is 0 Å². The van der Waals surface area contributed by atoms with Crippen molar-refractivity contribution in [1.29, 1.82) is 0 Å². The maximum Gasteiger partial charge on any atom is 0.320 e. The Bertz CT molecular complexity index is 1040. The fourth-order valence-corrected chi connectivity index (χ4v) is 9.14. The second kappa shape index (κ2) is 7.52. The molecule has 32 heavy (non-hydrogen) atoms. The zero-order valence-electron chi connectivity index (χ0n) is 18.8. The Labute approximate surface area is 192 Å². The predicted molar refractivity (Wildman–Crippen MR) is 126 cm³/mol. The average Bonchev–Trinajstić information content (AvgIpc) is 3.19. The fourth-order valence-electron chi connectivity index (χ4n) is 7.81. The predicted octanol–water partition coefficient (Wildman–Crippen LogP) is 6.27. The van der Waals surface area contributed by atoms with Gasteiger partial charge in [0, 0.05) is 11.0 Å². The van der Waals surface area contributed by atoms with Crippen LogP contribution >= 0.6 is 8.19 Å². The van der Waals surface area contributed by atoms with E-state index in [4.69, 9.17) is 4.74 Å². The first kappa shape index (κ1) is 20.6. The van der Waals surface area contributed by atoms with Crippen molar-refractivity contribution in [3.8, 4) is 0 Å². The minimum Gasteiger partial charge on any atom is -0.465 e. The number of benzene rings is 1. The van der Waals surface area contributed by atoms with Crippen LogP contribution in [0.4, 0.5) is 0 Å². The third kappa shape index (κ3) is 3.11. The topological polar surface area (TPSA) is 43.4 Å². The number of carbonyl (C=O) groups excluding carboxylic acids is 2. The number of hydrogen-bond acceptors (Lipinski definition) is 3. The minimum absolute atomic E-state index is 0.0965. The Morgan fingerprint density at radius 1 is 0.969 bits per heavy atom. The van der Waals surface area contributed by atoms with E-state index in [2.05, 4.69) is 11.9 Å². The summed E-state index contributed by atoms with van der Waals surface area (Å²) < 4.78 is 5.48. The summed E-state index contributed by atoms with van der Waals surface area (Å²) in [4.78, 5) is 26.9. The molecule has 0 radical (unpaired) electrons. The van der Waals surface area contributed by atoms with Gasteiger partial charge in [-0.25, -0.2) is 0 Å². The number of fused-ring (bicyclic) bond motifs is 1. The van der Waals surface area contributed by atoms with E-state index < -0.39 is 5.41 Å². The van der Waals surface area contributed by atoms with Gasteiger partial charge in [0.05, 0.1) is 6.61 Å². The molecular formula is C28H31O3P. The van der Waals surface area contributed by atoms with Crippen LogP contribution in [0.1, 0.15) is 72.2 Å². The summed E-state index contributed by atoms with van der Waals surface area (Å²) in [7, 11) is 1.29. The summed E-state index contributed by atoms with van der Waals surface area (Å²) in [6, 6.07) is 11.7. The van der Waals surface area contributed by atoms with E-state index in [-0.39, 0.29) is 11.8 Å². The number of Topliss-reactive ketones (excluding diaryl/α,β-unsaturated/α-hetero) is 1. The van der Waals surface area contributed by atoms with Crippen molar-refractivity contribution < 1.29 is 14.3 Å². The molecule has 4 bridgehead atoms. The van der Waals surface area contributed by atoms with Gasteiger partial charge in [-0.1, -0.05) is 44.6 Å². The van der Waals surface area contributed by atoms with Crippen LogP contribution < -0.4 is 0 Å². The van der Waals surface area contributed by atoms with Crippen LogP contribution in [-0.2, 0) is 27.8 Å². The minimum atomic E-state index is -1.12. The molecule has 0 N–H and O–H groups in total. The van der Waals surface area contributed by atoms with Gasteiger partial charge >= 0.3 is 5.97 Å². The van der Waals surface area contributed by atoms with Crippen molar-refractivity contribution in [1.82, 2.24) is 0 Å². The summed E-state index contributed by atoms with van der Waals surface area (Å²) in [6.07, 6.45) is 9.31. The van der Waals surface area contributed by atoms with Gasteiger partial charge in [-0.15, -0.1) is 0 Å². The molecule has 4 heteroatoms. The second-order valence-corrected chi connectivity index (χ2v) is 11.9. The molecule has 7 rings (SSSR count). The molecule has 0 aliphatic heterocycles. The Balaban J connectivity index is 1.36. The van der Waals surface area contributed by atoms with Crippen molar-refractivity contribution in [3.05, 3.63) is 64.2 Å². The highest BCUT2D eigenvalue weighted by atomic mass is 31.0. The molecule has 4 fully saturated rings. The van der Waals surface area contributed by atoms with Crippen molar-refractivity contribution >= 4 is 19.9 Å². The Kier molecular flexibility index (Phi) is 4.84. The number of esters is 1. The van der Waals surface area contributed by atoms with E-state index in [1.165, 1.54) is 57.8 Å². The van der Waals surface area contributed by atoms with E-state index in [9.17, 15) is 9.59 Å². The second-order valence-electron chi connectivity index (χ2n) is 10.9. The van der Waals surface area contributed by atoms with E-state index >= 15 is 0 Å². The standard InChI is InChI=1S/C28H31O3P/c1-2-31-26(30)28(25(29)21-6-4-3-5-7-21)15-22-11-24(32-17-23(22)16-28)27-12-18-8-19(13-27)10-20(9-18)14-27/h3-7,11,17-20H,2,8-10,12-16H2,1H3. The van der Waals surface area contributed by atoms with Gasteiger partial charge in [0.1, 0.15) is 5.41 Å². The molecule has 5 aliphatic carbocycles. The first-order chi connectivity index (χ1) is 15.5. The molecule has 0 amide bonds. The lowest BCUT2D eigenvalue weighted by atomic mass is 9.49. The fraction of sp³-hybridized carbons (Fsp3) is 0.536. The molecule has 1 aromatic heterocycles. The molecule has 3 nitrogen and oxygen atoms in total. The molecule has 1 atom stereocenters. The van der Waals surface area contributed by atoms with E-state index in [1.54, 1.807) is 5.30 Å². The Hall–Kier alpha value is -1.99. The largest absolute Gasteiger partial charge is 0.465 e. The van der Waals surface area contributed by atoms with Gasteiger partial charge in [0.25, 0.3) is 0 Å². The molecular weight excluding hydrogens is 415 g/mol. The summed E-state index contributed by atoms with van der Waals surface area (Å²) in [5, 5.41) is 1.56. The molecule has 0 saturated heterocycles. The number of carbonyl (C=O) groups is 2. The van der Waals surface area contributed by atoms with Crippen molar-refractivity contribution in [2.24, 2.45) is 23.2 Å². The quantitative estimate of drug-likeness (QED) is 0.309. The summed E-state index contributed by atoms with van der Waals surface area (Å²) in [6.45, 7) is 2.11. The first-order valence-corrected chi connectivity index (χ1v) is 13.2. The number of hydrogen-bond donors (Lipinski definition) is 0. The van der Waals surface area contributed by atoms with Gasteiger partial charge < -0.3 is 4.74 Å². The van der Waals surface area contributed by atoms with Crippen molar-refractivity contribution in [2.45, 2.75) is 63.7 Å². The van der Waals surface area contributed by atoms with Gasteiger partial charge in [-0.05, 0) is 98.3 Å². The Morgan fingerprint density at radius 2 is 1.59 bits per heavy atom. The normalized spacial score (nSPS) is 34.6. The summed E-state index contributed by atoms with van der Waals surface area (Å²) >= 11 is 0. The monoisotopic (exact) mass is 446 g/mol. The lowest BCUT2D eigenvalue weighted by Gasteiger charge is -2.57. The third-order valence-electron chi connectivity index (χ3n) is 8.79. The molecule has 1 aromatic carbocycles. The van der Waals surface area contributed by atoms with E-state index in [0.29, 0.717) is 30.4 Å². The molecule has 5 aliphatic rings. The van der Waals surface area contributed by atoms with Crippen LogP contribution in [0.2, 0.25) is 0 Å². The van der Waals surface area contributed by atoms with Crippen LogP contribution in [0.3, 0.4) is 0 Å². The maximum atomic E-state index is 13.7. The maximum absolute atomic E-state index is 13.7. The number of ether oxygens (including phenoxy) is 1. The highest BCUT2D eigenvalue weighted by molar-refractivity contribution is 7.30. The van der Waals surface area contributed by atoms with Crippen LogP contribution in [0, 0.1) is 23.2 Å². The summed E-state index contributed by atoms with van der Waals surface area (Å²) in [5.74, 6) is 4.58. The summed E-state index contributed by atoms with van der Waals surface area (Å²) in [5.41, 5.74) is 2.22. The molecule has 2 aromatic rings. The average molecular weight is 447 g/mol. The molecule has 0 spiro atoms.